The molecule has 0 aromatic heterocycles. The second-order valence-corrected chi connectivity index (χ2v) is 4.16. The van der Waals surface area contributed by atoms with E-state index in [9.17, 15) is 4.39 Å². The molecular weight excluding hydrogens is 201 g/mol. The lowest BCUT2D eigenvalue weighted by molar-refractivity contribution is 0.115. The normalized spacial score (nSPS) is 20.7. The van der Waals surface area contributed by atoms with Gasteiger partial charge in [-0.15, -0.1) is 0 Å². The van der Waals surface area contributed by atoms with Gasteiger partial charge in [-0.25, -0.2) is 4.39 Å². The van der Waals surface area contributed by atoms with Gasteiger partial charge in [0, 0.05) is 5.02 Å². The van der Waals surface area contributed by atoms with Gasteiger partial charge >= 0.3 is 0 Å². The Hall–Kier alpha value is -0.600. The topological polar surface area (TPSA) is 12.0 Å². The van der Waals surface area contributed by atoms with Gasteiger partial charge in [0.15, 0.2) is 0 Å². The number of hydrogen-bond donors (Lipinski definition) is 1. The van der Waals surface area contributed by atoms with E-state index in [0.29, 0.717) is 23.4 Å². The van der Waals surface area contributed by atoms with E-state index in [1.54, 1.807) is 18.2 Å². The van der Waals surface area contributed by atoms with Gasteiger partial charge in [0.05, 0.1) is 0 Å². The largest absolute Gasteiger partial charge is 0.316 e. The first-order chi connectivity index (χ1) is 6.71. The second kappa shape index (κ2) is 3.87. The summed E-state index contributed by atoms with van der Waals surface area (Å²) in [4.78, 5) is 0. The maximum Gasteiger partial charge on any atom is 0.138 e. The fourth-order valence-corrected chi connectivity index (χ4v) is 2.07. The zero-order chi connectivity index (χ0) is 10.0. The number of rotatable bonds is 1. The summed E-state index contributed by atoms with van der Waals surface area (Å²) in [5.74, 6) is 0. The lowest BCUT2D eigenvalue weighted by Gasteiger charge is -2.30. The molecule has 1 heterocycles. The van der Waals surface area contributed by atoms with E-state index in [0.717, 1.165) is 13.1 Å². The highest BCUT2D eigenvalue weighted by Gasteiger charge is 2.33. The molecule has 0 spiro atoms. The third kappa shape index (κ3) is 1.91. The average Bonchev–Trinajstić information content (AvgIpc) is 2.19. The Morgan fingerprint density at radius 3 is 2.64 bits per heavy atom. The van der Waals surface area contributed by atoms with Crippen LogP contribution in [-0.4, -0.2) is 13.1 Å². The molecule has 3 heteroatoms. The number of alkyl halides is 1. The molecule has 76 valence electrons. The molecule has 14 heavy (non-hydrogen) atoms. The molecule has 0 saturated carbocycles. The highest BCUT2D eigenvalue weighted by Crippen LogP contribution is 2.35. The van der Waals surface area contributed by atoms with Crippen LogP contribution in [0, 0.1) is 0 Å². The van der Waals surface area contributed by atoms with Crippen molar-refractivity contribution < 1.29 is 4.39 Å². The zero-order valence-electron chi connectivity index (χ0n) is 7.89. The minimum absolute atomic E-state index is 0.535. The Morgan fingerprint density at radius 1 is 1.29 bits per heavy atom. The summed E-state index contributed by atoms with van der Waals surface area (Å²) >= 11 is 5.84. The summed E-state index contributed by atoms with van der Waals surface area (Å²) in [5.41, 5.74) is -0.470. The molecule has 1 aliphatic rings. The number of nitrogens with one attached hydrogen (secondary N) is 1. The predicted octanol–water partition coefficient (Wildman–Crippen LogP) is 2.89. The number of hydrogen-bond acceptors (Lipinski definition) is 1. The summed E-state index contributed by atoms with van der Waals surface area (Å²) in [5, 5.41) is 3.76. The van der Waals surface area contributed by atoms with Crippen LogP contribution in [0.15, 0.2) is 24.3 Å². The minimum Gasteiger partial charge on any atom is -0.316 e. The van der Waals surface area contributed by atoms with Crippen LogP contribution in [0.4, 0.5) is 4.39 Å². The summed E-state index contributed by atoms with van der Waals surface area (Å²) < 4.78 is 14.4. The SMILES string of the molecule is FC1(c2cccc(Cl)c2)CCNCC1. The van der Waals surface area contributed by atoms with Gasteiger partial charge in [0.25, 0.3) is 0 Å². The molecule has 0 bridgehead atoms. The van der Waals surface area contributed by atoms with Gasteiger partial charge in [-0.1, -0.05) is 23.7 Å². The van der Waals surface area contributed by atoms with Crippen LogP contribution in [0.1, 0.15) is 18.4 Å². The first-order valence-corrected chi connectivity index (χ1v) is 5.24. The van der Waals surface area contributed by atoms with Crippen LogP contribution >= 0.6 is 11.6 Å². The van der Waals surface area contributed by atoms with Gasteiger partial charge < -0.3 is 5.32 Å². The second-order valence-electron chi connectivity index (χ2n) is 3.73. The molecule has 1 N–H and O–H groups in total. The zero-order valence-corrected chi connectivity index (χ0v) is 8.65. The van der Waals surface area contributed by atoms with Crippen molar-refractivity contribution in [2.75, 3.05) is 13.1 Å². The van der Waals surface area contributed by atoms with Gasteiger partial charge in [0.1, 0.15) is 5.67 Å². The summed E-state index contributed by atoms with van der Waals surface area (Å²) in [6, 6.07) is 7.13. The van der Waals surface area contributed by atoms with Crippen molar-refractivity contribution in [1.29, 1.82) is 0 Å². The molecule has 0 amide bonds. The lowest BCUT2D eigenvalue weighted by atomic mass is 9.87. The molecule has 1 fully saturated rings. The van der Waals surface area contributed by atoms with E-state index < -0.39 is 5.67 Å². The molecule has 0 unspecified atom stereocenters. The molecule has 1 nitrogen and oxygen atoms in total. The first kappa shape index (κ1) is 9.94. The Morgan fingerprint density at radius 2 is 2.00 bits per heavy atom. The molecule has 1 aromatic rings. The number of benzene rings is 1. The highest BCUT2D eigenvalue weighted by molar-refractivity contribution is 6.30. The van der Waals surface area contributed by atoms with Crippen LogP contribution in [0.3, 0.4) is 0 Å². The summed E-state index contributed by atoms with van der Waals surface area (Å²) in [7, 11) is 0. The van der Waals surface area contributed by atoms with Crippen molar-refractivity contribution in [3.05, 3.63) is 34.9 Å². The first-order valence-electron chi connectivity index (χ1n) is 4.86. The maximum atomic E-state index is 14.4. The van der Waals surface area contributed by atoms with Crippen molar-refractivity contribution in [2.45, 2.75) is 18.5 Å². The summed E-state index contributed by atoms with van der Waals surface area (Å²) in [6.45, 7) is 1.48. The fraction of sp³-hybridized carbons (Fsp3) is 0.455. The third-order valence-electron chi connectivity index (χ3n) is 2.74. The van der Waals surface area contributed by atoms with E-state index >= 15 is 0 Å². The van der Waals surface area contributed by atoms with E-state index in [4.69, 9.17) is 11.6 Å². The maximum absolute atomic E-state index is 14.4. The molecule has 0 radical (unpaired) electrons. The van der Waals surface area contributed by atoms with Gasteiger partial charge in [-0.3, -0.25) is 0 Å². The third-order valence-corrected chi connectivity index (χ3v) is 2.97. The van der Waals surface area contributed by atoms with Crippen LogP contribution < -0.4 is 5.32 Å². The molecular formula is C11H13ClFN. The Kier molecular flexibility index (Phi) is 2.75. The van der Waals surface area contributed by atoms with Gasteiger partial charge in [-0.2, -0.15) is 0 Å². The monoisotopic (exact) mass is 213 g/mol. The van der Waals surface area contributed by atoms with E-state index in [2.05, 4.69) is 5.32 Å². The molecule has 2 rings (SSSR count). The highest BCUT2D eigenvalue weighted by atomic mass is 35.5. The molecule has 1 aliphatic heterocycles. The lowest BCUT2D eigenvalue weighted by Crippen LogP contribution is -2.36. The van der Waals surface area contributed by atoms with E-state index in [-0.39, 0.29) is 0 Å². The fourth-order valence-electron chi connectivity index (χ4n) is 1.88. The van der Waals surface area contributed by atoms with Crippen LogP contribution in [0.2, 0.25) is 5.02 Å². The Bertz CT molecular complexity index is 321. The molecule has 1 aromatic carbocycles. The quantitative estimate of drug-likeness (QED) is 0.757. The van der Waals surface area contributed by atoms with E-state index in [1.165, 1.54) is 0 Å². The smallest absolute Gasteiger partial charge is 0.138 e. The number of piperidine rings is 1. The standard InChI is InChI=1S/C11H13ClFN/c12-10-3-1-2-9(8-10)11(13)4-6-14-7-5-11/h1-3,8,14H,4-7H2. The van der Waals surface area contributed by atoms with Crippen molar-refractivity contribution in [3.8, 4) is 0 Å². The van der Waals surface area contributed by atoms with Crippen LogP contribution in [0.5, 0.6) is 0 Å². The Balaban J connectivity index is 2.28. The van der Waals surface area contributed by atoms with Gasteiger partial charge in [-0.05, 0) is 43.6 Å². The average molecular weight is 214 g/mol. The van der Waals surface area contributed by atoms with Crippen molar-refractivity contribution in [3.63, 3.8) is 0 Å². The van der Waals surface area contributed by atoms with Crippen molar-refractivity contribution >= 4 is 11.6 Å². The van der Waals surface area contributed by atoms with Crippen molar-refractivity contribution in [2.24, 2.45) is 0 Å². The number of halogens is 2. The van der Waals surface area contributed by atoms with Crippen LogP contribution in [0.25, 0.3) is 0 Å². The molecule has 0 aliphatic carbocycles. The minimum atomic E-state index is -1.18. The predicted molar refractivity (Wildman–Crippen MR) is 56.3 cm³/mol. The van der Waals surface area contributed by atoms with Crippen LogP contribution in [-0.2, 0) is 5.67 Å². The molecule has 0 atom stereocenters. The summed E-state index contributed by atoms with van der Waals surface area (Å²) in [6.07, 6.45) is 1.07. The van der Waals surface area contributed by atoms with Crippen molar-refractivity contribution in [1.82, 2.24) is 5.32 Å². The Labute approximate surface area is 88.3 Å². The molecule has 1 saturated heterocycles. The van der Waals surface area contributed by atoms with E-state index in [1.807, 2.05) is 6.07 Å². The van der Waals surface area contributed by atoms with Gasteiger partial charge in [0.2, 0.25) is 0 Å².